The highest BCUT2D eigenvalue weighted by molar-refractivity contribution is 5.65. The molecular weight excluding hydrogens is 192 g/mol. The Morgan fingerprint density at radius 2 is 1.88 bits per heavy atom. The summed E-state index contributed by atoms with van der Waals surface area (Å²) in [5, 5.41) is 0. The zero-order chi connectivity index (χ0) is 13.8. The molecule has 0 radical (unpaired) electrons. The Morgan fingerprint density at radius 3 is 2.38 bits per heavy atom. The fourth-order valence-electron chi connectivity index (χ4n) is 1.19. The van der Waals surface area contributed by atoms with Crippen molar-refractivity contribution in [3.05, 3.63) is 53.6 Å². The van der Waals surface area contributed by atoms with Gasteiger partial charge in [-0.05, 0) is 30.4 Å². The molecule has 0 unspecified atom stereocenters. The maximum absolute atomic E-state index is 7.64. The Kier molecular flexibility index (Phi) is 3.19. The standard InChI is InChI=1S/C16H22/c1-13(15-9-7-6-8-10-15)11-12-14(2)16(3,4)5/h6-12H,1-5H3/b13-11+,14-12+/i1TD/t1-/m0/s1. The molecule has 1 aromatic carbocycles. The van der Waals surface area contributed by atoms with E-state index >= 15 is 0 Å². The monoisotopic (exact) mass is 217 g/mol. The molecule has 0 heterocycles. The summed E-state index contributed by atoms with van der Waals surface area (Å²) in [5.74, 6) is 0. The number of hydrogen-bond donors (Lipinski definition) is 0. The maximum atomic E-state index is 7.64. The molecule has 0 fully saturated rings. The number of allylic oxidation sites excluding steroid dienone is 4. The van der Waals surface area contributed by atoms with Gasteiger partial charge in [0.2, 0.25) is 0 Å². The Hall–Kier alpha value is -1.30. The quantitative estimate of drug-likeness (QED) is 0.606. The lowest BCUT2D eigenvalue weighted by Gasteiger charge is -2.18. The summed E-state index contributed by atoms with van der Waals surface area (Å²) in [4.78, 5) is 0. The van der Waals surface area contributed by atoms with Gasteiger partial charge in [-0.15, -0.1) is 0 Å². The molecule has 0 N–H and O–H groups in total. The van der Waals surface area contributed by atoms with E-state index in [4.69, 9.17) is 2.74 Å². The molecule has 0 nitrogen and oxygen atoms in total. The van der Waals surface area contributed by atoms with E-state index in [0.29, 0.717) is 0 Å². The lowest BCUT2D eigenvalue weighted by Crippen LogP contribution is -2.05. The highest BCUT2D eigenvalue weighted by Gasteiger charge is 2.11. The van der Waals surface area contributed by atoms with E-state index in [1.165, 1.54) is 5.57 Å². The van der Waals surface area contributed by atoms with Crippen LogP contribution in [0.4, 0.5) is 0 Å². The first-order chi connectivity index (χ1) is 8.32. The van der Waals surface area contributed by atoms with Gasteiger partial charge in [-0.3, -0.25) is 0 Å². The van der Waals surface area contributed by atoms with Crippen LogP contribution in [-0.2, 0) is 0 Å². The normalized spacial score (nSPS) is 17.8. The van der Waals surface area contributed by atoms with E-state index in [1.54, 1.807) is 0 Å². The lowest BCUT2D eigenvalue weighted by molar-refractivity contribution is 0.504. The molecule has 0 spiro atoms. The highest BCUT2D eigenvalue weighted by atomic mass is 14.2. The van der Waals surface area contributed by atoms with Gasteiger partial charge in [0.15, 0.2) is 0 Å². The number of benzene rings is 1. The van der Waals surface area contributed by atoms with Gasteiger partial charge in [-0.25, -0.2) is 0 Å². The minimum atomic E-state index is -0.962. The average molecular weight is 217 g/mol. The van der Waals surface area contributed by atoms with Crippen molar-refractivity contribution in [2.24, 2.45) is 5.41 Å². The van der Waals surface area contributed by atoms with Crippen LogP contribution in [0, 0.1) is 5.41 Å². The minimum Gasteiger partial charge on any atom is -0.0679 e. The third-order valence-electron chi connectivity index (χ3n) is 2.80. The van der Waals surface area contributed by atoms with Crippen molar-refractivity contribution in [2.75, 3.05) is 0 Å². The molecule has 0 amide bonds. The zero-order valence-corrected chi connectivity index (χ0v) is 10.6. The number of rotatable bonds is 2. The van der Waals surface area contributed by atoms with Crippen LogP contribution in [0.3, 0.4) is 0 Å². The lowest BCUT2D eigenvalue weighted by atomic mass is 9.87. The first kappa shape index (κ1) is 9.89. The fourth-order valence-corrected chi connectivity index (χ4v) is 1.19. The molecule has 0 saturated heterocycles. The minimum absolute atomic E-state index is 0.123. The van der Waals surface area contributed by atoms with Crippen LogP contribution in [0.2, 0.25) is 0 Å². The molecule has 1 rings (SSSR count). The molecule has 0 aliphatic rings. The maximum Gasteiger partial charge on any atom is 0.0280 e. The first-order valence-corrected chi connectivity index (χ1v) is 5.61. The fraction of sp³-hybridized carbons (Fsp3) is 0.375. The van der Waals surface area contributed by atoms with Crippen molar-refractivity contribution in [1.82, 2.24) is 0 Å². The Balaban J connectivity index is 3.09. The molecule has 0 bridgehead atoms. The van der Waals surface area contributed by atoms with Gasteiger partial charge in [0, 0.05) is 2.74 Å². The van der Waals surface area contributed by atoms with Gasteiger partial charge in [0.05, 0.1) is 0 Å². The summed E-state index contributed by atoms with van der Waals surface area (Å²) in [5.41, 5.74) is 3.05. The smallest absolute Gasteiger partial charge is 0.0280 e. The second kappa shape index (κ2) is 5.16. The SMILES string of the molecule is [2H][C@@H]([3H])/C(=C\C=C(/C)C(C)(C)C)c1ccccc1. The molecule has 16 heavy (non-hydrogen) atoms. The van der Waals surface area contributed by atoms with Gasteiger partial charge in [0.25, 0.3) is 0 Å². The molecule has 0 aliphatic carbocycles. The predicted octanol–water partition coefficient (Wildman–Crippen LogP) is 5.08. The molecule has 0 aliphatic heterocycles. The molecular formula is C16H22. The summed E-state index contributed by atoms with van der Waals surface area (Å²) in [6, 6.07) is 9.71. The molecule has 0 aromatic heterocycles. The Bertz CT molecular complexity index is 434. The van der Waals surface area contributed by atoms with E-state index in [9.17, 15) is 0 Å². The van der Waals surface area contributed by atoms with Crippen LogP contribution >= 0.6 is 0 Å². The van der Waals surface area contributed by atoms with Crippen molar-refractivity contribution in [2.45, 2.75) is 34.6 Å². The third kappa shape index (κ3) is 3.69. The van der Waals surface area contributed by atoms with Crippen molar-refractivity contribution in [1.29, 1.82) is 0 Å². The van der Waals surface area contributed by atoms with Gasteiger partial charge in [0.1, 0.15) is 0 Å². The van der Waals surface area contributed by atoms with Crippen LogP contribution in [0.25, 0.3) is 5.57 Å². The van der Waals surface area contributed by atoms with E-state index in [-0.39, 0.29) is 5.41 Å². The van der Waals surface area contributed by atoms with Crippen molar-refractivity contribution >= 4 is 5.57 Å². The van der Waals surface area contributed by atoms with Gasteiger partial charge < -0.3 is 0 Å². The zero-order valence-electron chi connectivity index (χ0n) is 12.6. The van der Waals surface area contributed by atoms with E-state index in [1.807, 2.05) is 42.5 Å². The van der Waals surface area contributed by atoms with Gasteiger partial charge >= 0.3 is 0 Å². The van der Waals surface area contributed by atoms with Crippen molar-refractivity contribution < 1.29 is 2.74 Å². The summed E-state index contributed by atoms with van der Waals surface area (Å²) < 4.78 is 15.3. The van der Waals surface area contributed by atoms with Gasteiger partial charge in [-0.1, -0.05) is 68.8 Å². The third-order valence-corrected chi connectivity index (χ3v) is 2.80. The molecule has 1 aromatic rings. The summed E-state index contributed by atoms with van der Waals surface area (Å²) in [6.45, 7) is 7.61. The Labute approximate surface area is 103 Å². The molecule has 86 valence electrons. The summed E-state index contributed by atoms with van der Waals surface area (Å²) in [7, 11) is 0. The first-order valence-electron chi connectivity index (χ1n) is 6.76. The van der Waals surface area contributed by atoms with Gasteiger partial charge in [-0.2, -0.15) is 0 Å². The van der Waals surface area contributed by atoms with Crippen LogP contribution in [0.15, 0.2) is 48.1 Å². The van der Waals surface area contributed by atoms with E-state index in [2.05, 4.69) is 27.7 Å². The Morgan fingerprint density at radius 1 is 1.25 bits per heavy atom. The highest BCUT2D eigenvalue weighted by Crippen LogP contribution is 2.25. The summed E-state index contributed by atoms with van der Waals surface area (Å²) >= 11 is 0. The van der Waals surface area contributed by atoms with Crippen LogP contribution in [-0.4, -0.2) is 0 Å². The summed E-state index contributed by atoms with van der Waals surface area (Å²) in [6.07, 6.45) is 3.93. The second-order valence-corrected chi connectivity index (χ2v) is 5.09. The average Bonchev–Trinajstić information content (AvgIpc) is 2.28. The van der Waals surface area contributed by atoms with Crippen molar-refractivity contribution in [3.63, 3.8) is 0 Å². The predicted molar refractivity (Wildman–Crippen MR) is 73.3 cm³/mol. The van der Waals surface area contributed by atoms with E-state index in [0.717, 1.165) is 11.1 Å². The van der Waals surface area contributed by atoms with Crippen molar-refractivity contribution in [3.8, 4) is 0 Å². The topological polar surface area (TPSA) is 0 Å². The van der Waals surface area contributed by atoms with Crippen LogP contribution < -0.4 is 0 Å². The molecule has 0 saturated carbocycles. The van der Waals surface area contributed by atoms with Crippen LogP contribution in [0.1, 0.15) is 42.9 Å². The van der Waals surface area contributed by atoms with Crippen LogP contribution in [0.5, 0.6) is 0 Å². The largest absolute Gasteiger partial charge is 0.0679 e. The van der Waals surface area contributed by atoms with E-state index < -0.39 is 6.88 Å². The number of hydrogen-bond acceptors (Lipinski definition) is 0. The molecule has 0 heteroatoms. The molecule has 1 atom stereocenters. The second-order valence-electron chi connectivity index (χ2n) is 5.09.